The van der Waals surface area contributed by atoms with Gasteiger partial charge in [-0.25, -0.2) is 8.78 Å². The molecule has 7 heteroatoms. The molecule has 5 nitrogen and oxygen atoms in total. The van der Waals surface area contributed by atoms with Crippen LogP contribution in [0.15, 0.2) is 0 Å². The van der Waals surface area contributed by atoms with Crippen LogP contribution < -0.4 is 11.1 Å². The maximum atomic E-state index is 12.6. The first kappa shape index (κ1) is 14.3. The van der Waals surface area contributed by atoms with Crippen molar-refractivity contribution in [3.05, 3.63) is 0 Å². The number of alkyl halides is 2. The molecule has 100 valence electrons. The van der Waals surface area contributed by atoms with Crippen molar-refractivity contribution in [3.8, 4) is 0 Å². The minimum absolute atomic E-state index is 0.105. The van der Waals surface area contributed by atoms with E-state index >= 15 is 0 Å². The number of hydrogen-bond donors (Lipinski definition) is 3. The highest BCUT2D eigenvalue weighted by molar-refractivity contribution is 5.78. The van der Waals surface area contributed by atoms with Crippen molar-refractivity contribution in [1.82, 2.24) is 10.2 Å². The number of nitrogens with zero attached hydrogens (tertiary/aromatic N) is 1. The topological polar surface area (TPSA) is 78.6 Å². The third-order valence-corrected chi connectivity index (χ3v) is 2.77. The Kier molecular flexibility index (Phi) is 5.23. The van der Waals surface area contributed by atoms with Crippen LogP contribution in [0.4, 0.5) is 8.78 Å². The first-order valence-corrected chi connectivity index (χ1v) is 5.66. The van der Waals surface area contributed by atoms with Gasteiger partial charge >= 0.3 is 0 Å². The van der Waals surface area contributed by atoms with Gasteiger partial charge in [0.25, 0.3) is 5.92 Å². The second kappa shape index (κ2) is 6.23. The van der Waals surface area contributed by atoms with Crippen LogP contribution in [0.1, 0.15) is 12.8 Å². The summed E-state index contributed by atoms with van der Waals surface area (Å²) in [4.78, 5) is 13.2. The smallest absolute Gasteiger partial charge is 0.287 e. The number of likely N-dealkylation sites (tertiary alicyclic amines) is 1. The first-order valence-electron chi connectivity index (χ1n) is 5.66. The van der Waals surface area contributed by atoms with Gasteiger partial charge in [-0.3, -0.25) is 9.69 Å². The van der Waals surface area contributed by atoms with Gasteiger partial charge < -0.3 is 16.2 Å². The van der Waals surface area contributed by atoms with E-state index in [0.29, 0.717) is 13.1 Å². The number of rotatable bonds is 5. The average molecular weight is 251 g/mol. The van der Waals surface area contributed by atoms with Crippen LogP contribution in [0, 0.1) is 0 Å². The molecule has 1 aliphatic rings. The molecule has 1 amide bonds. The average Bonchev–Trinajstić information content (AvgIpc) is 2.30. The quantitative estimate of drug-likeness (QED) is 0.595. The summed E-state index contributed by atoms with van der Waals surface area (Å²) < 4.78 is 25.3. The Hall–Kier alpha value is -0.790. The van der Waals surface area contributed by atoms with E-state index in [0.717, 1.165) is 12.8 Å². The predicted octanol–water partition coefficient (Wildman–Crippen LogP) is -0.847. The van der Waals surface area contributed by atoms with Crippen LogP contribution in [-0.4, -0.2) is 60.7 Å². The van der Waals surface area contributed by atoms with Crippen molar-refractivity contribution in [2.45, 2.75) is 24.8 Å². The fraction of sp³-hybridized carbons (Fsp3) is 0.900. The van der Waals surface area contributed by atoms with Crippen molar-refractivity contribution >= 4 is 5.91 Å². The van der Waals surface area contributed by atoms with Crippen LogP contribution in [0.5, 0.6) is 0 Å². The molecule has 17 heavy (non-hydrogen) atoms. The van der Waals surface area contributed by atoms with Crippen molar-refractivity contribution in [3.63, 3.8) is 0 Å². The van der Waals surface area contributed by atoms with Gasteiger partial charge in [-0.1, -0.05) is 0 Å². The molecule has 0 bridgehead atoms. The Labute approximate surface area is 99.0 Å². The van der Waals surface area contributed by atoms with E-state index < -0.39 is 25.0 Å². The highest BCUT2D eigenvalue weighted by atomic mass is 19.3. The monoisotopic (exact) mass is 251 g/mol. The molecule has 0 aliphatic carbocycles. The van der Waals surface area contributed by atoms with Crippen molar-refractivity contribution in [2.75, 3.05) is 32.8 Å². The van der Waals surface area contributed by atoms with Gasteiger partial charge in [0.1, 0.15) is 6.61 Å². The minimum Gasteiger partial charge on any atom is -0.390 e. The molecule has 0 spiro atoms. The number of aliphatic hydroxyl groups is 1. The molecule has 0 unspecified atom stereocenters. The van der Waals surface area contributed by atoms with E-state index in [-0.39, 0.29) is 12.6 Å². The van der Waals surface area contributed by atoms with E-state index in [1.54, 1.807) is 0 Å². The highest BCUT2D eigenvalue weighted by Crippen LogP contribution is 2.10. The molecule has 1 saturated heterocycles. The van der Waals surface area contributed by atoms with Crippen LogP contribution in [0.2, 0.25) is 0 Å². The van der Waals surface area contributed by atoms with E-state index in [9.17, 15) is 13.6 Å². The van der Waals surface area contributed by atoms with Crippen molar-refractivity contribution in [2.24, 2.45) is 5.73 Å². The fourth-order valence-corrected chi connectivity index (χ4v) is 1.65. The number of carbonyl (C=O) groups is 1. The molecule has 1 heterocycles. The largest absolute Gasteiger partial charge is 0.390 e. The maximum absolute atomic E-state index is 12.6. The lowest BCUT2D eigenvalue weighted by Gasteiger charge is -2.29. The number of carbonyl (C=O) groups excluding carboxylic acids is 1. The number of piperidine rings is 1. The third-order valence-electron chi connectivity index (χ3n) is 2.77. The zero-order chi connectivity index (χ0) is 12.9. The summed E-state index contributed by atoms with van der Waals surface area (Å²) in [6.07, 6.45) is 1.64. The molecule has 1 aliphatic heterocycles. The van der Waals surface area contributed by atoms with Gasteiger partial charge in [-0.2, -0.15) is 0 Å². The van der Waals surface area contributed by atoms with E-state index in [2.05, 4.69) is 5.32 Å². The Bertz CT molecular complexity index is 256. The van der Waals surface area contributed by atoms with Gasteiger partial charge in [0, 0.05) is 19.1 Å². The number of hydrogen-bond acceptors (Lipinski definition) is 4. The Balaban J connectivity index is 2.21. The Morgan fingerprint density at radius 2 is 2.06 bits per heavy atom. The zero-order valence-corrected chi connectivity index (χ0v) is 9.66. The van der Waals surface area contributed by atoms with Crippen LogP contribution >= 0.6 is 0 Å². The second-order valence-electron chi connectivity index (χ2n) is 4.40. The molecule has 0 saturated carbocycles. The minimum atomic E-state index is -3.25. The summed E-state index contributed by atoms with van der Waals surface area (Å²) >= 11 is 0. The summed E-state index contributed by atoms with van der Waals surface area (Å²) in [5.41, 5.74) is 5.71. The molecule has 0 aromatic heterocycles. The van der Waals surface area contributed by atoms with Gasteiger partial charge in [0.2, 0.25) is 5.91 Å². The lowest BCUT2D eigenvalue weighted by molar-refractivity contribution is -0.125. The normalized spacial score (nSPS) is 19.3. The predicted molar refractivity (Wildman–Crippen MR) is 58.7 cm³/mol. The first-order chi connectivity index (χ1) is 7.93. The Morgan fingerprint density at radius 3 is 2.59 bits per heavy atom. The third kappa shape index (κ3) is 5.38. The van der Waals surface area contributed by atoms with Gasteiger partial charge in [0.15, 0.2) is 0 Å². The number of amides is 1. The lowest BCUT2D eigenvalue weighted by Crippen LogP contribution is -2.47. The molecule has 0 atom stereocenters. The second-order valence-corrected chi connectivity index (χ2v) is 4.40. The molecule has 1 fully saturated rings. The lowest BCUT2D eigenvalue weighted by atomic mass is 10.1. The number of nitrogens with two attached hydrogens (primary N) is 1. The molecule has 0 aromatic carbocycles. The molecule has 0 radical (unpaired) electrons. The zero-order valence-electron chi connectivity index (χ0n) is 9.66. The van der Waals surface area contributed by atoms with E-state index in [4.69, 9.17) is 10.8 Å². The number of halogens is 2. The molecule has 1 rings (SSSR count). The fourth-order valence-electron chi connectivity index (χ4n) is 1.65. The van der Waals surface area contributed by atoms with E-state index in [1.165, 1.54) is 0 Å². The summed E-state index contributed by atoms with van der Waals surface area (Å²) in [6, 6.07) is 0.174. The molecular formula is C10H19F2N3O2. The van der Waals surface area contributed by atoms with Crippen LogP contribution in [0.3, 0.4) is 0 Å². The van der Waals surface area contributed by atoms with Crippen molar-refractivity contribution in [1.29, 1.82) is 0 Å². The van der Waals surface area contributed by atoms with Gasteiger partial charge in [0.05, 0.1) is 13.1 Å². The van der Waals surface area contributed by atoms with E-state index in [1.807, 2.05) is 4.90 Å². The Morgan fingerprint density at radius 1 is 1.47 bits per heavy atom. The van der Waals surface area contributed by atoms with Gasteiger partial charge in [-0.05, 0) is 12.8 Å². The highest BCUT2D eigenvalue weighted by Gasteiger charge is 2.28. The maximum Gasteiger partial charge on any atom is 0.287 e. The van der Waals surface area contributed by atoms with Crippen LogP contribution in [0.25, 0.3) is 0 Å². The summed E-state index contributed by atoms with van der Waals surface area (Å²) in [7, 11) is 0. The number of nitrogens with one attached hydrogen (secondary N) is 1. The molecule has 4 N–H and O–H groups in total. The van der Waals surface area contributed by atoms with Crippen LogP contribution in [-0.2, 0) is 4.79 Å². The molecular weight excluding hydrogens is 232 g/mol. The van der Waals surface area contributed by atoms with Crippen molar-refractivity contribution < 1.29 is 18.7 Å². The number of aliphatic hydroxyl groups excluding tert-OH is 1. The standard InChI is InChI=1S/C10H19F2N3O2/c11-10(12,7-16)6-14-9(17)5-15-3-1-8(13)2-4-15/h8,16H,1-7,13H2,(H,14,17). The summed E-state index contributed by atoms with van der Waals surface area (Å²) in [6.45, 7) is -0.550. The summed E-state index contributed by atoms with van der Waals surface area (Å²) in [5.74, 6) is -3.70. The van der Waals surface area contributed by atoms with Gasteiger partial charge in [-0.15, -0.1) is 0 Å². The summed E-state index contributed by atoms with van der Waals surface area (Å²) in [5, 5.41) is 10.4. The SMILES string of the molecule is NC1CCN(CC(=O)NCC(F)(F)CO)CC1. The molecule has 0 aromatic rings.